The lowest BCUT2D eigenvalue weighted by Crippen LogP contribution is -2.51. The van der Waals surface area contributed by atoms with Gasteiger partial charge in [-0.25, -0.2) is 0 Å². The number of piperidine rings is 1. The first-order valence-electron chi connectivity index (χ1n) is 11.4. The van der Waals surface area contributed by atoms with Crippen LogP contribution in [-0.2, 0) is 11.3 Å². The average molecular weight is 424 g/mol. The van der Waals surface area contributed by atoms with Gasteiger partial charge >= 0.3 is 0 Å². The van der Waals surface area contributed by atoms with Crippen molar-refractivity contribution in [3.05, 3.63) is 59.9 Å². The van der Waals surface area contributed by atoms with E-state index in [-0.39, 0.29) is 18.1 Å². The van der Waals surface area contributed by atoms with Crippen LogP contribution < -0.4 is 4.74 Å². The smallest absolute Gasteiger partial charge is 0.254 e. The molecule has 2 atom stereocenters. The second-order valence-electron chi connectivity index (χ2n) is 8.49. The van der Waals surface area contributed by atoms with E-state index in [1.54, 1.807) is 7.11 Å². The molecule has 0 radical (unpaired) electrons. The number of carbonyl (C=O) groups excluding carboxylic acids is 1. The highest BCUT2D eigenvalue weighted by atomic mass is 16.5. The molecule has 2 aliphatic heterocycles. The van der Waals surface area contributed by atoms with Crippen molar-refractivity contribution in [2.75, 3.05) is 33.4 Å². The fraction of sp³-hybridized carbons (Fsp3) is 0.520. The fourth-order valence-electron chi connectivity index (χ4n) is 4.78. The van der Waals surface area contributed by atoms with E-state index >= 15 is 0 Å². The van der Waals surface area contributed by atoms with Crippen molar-refractivity contribution in [2.45, 2.75) is 50.8 Å². The molecular formula is C25H33N3O3. The molecule has 2 aromatic rings. The van der Waals surface area contributed by atoms with Crippen molar-refractivity contribution < 1.29 is 14.3 Å². The summed E-state index contributed by atoms with van der Waals surface area (Å²) in [5, 5.41) is 0. The van der Waals surface area contributed by atoms with E-state index in [0.29, 0.717) is 12.2 Å². The summed E-state index contributed by atoms with van der Waals surface area (Å²) in [5.41, 5.74) is 1.91. The second-order valence-corrected chi connectivity index (χ2v) is 8.49. The second kappa shape index (κ2) is 10.7. The van der Waals surface area contributed by atoms with Gasteiger partial charge in [0.25, 0.3) is 5.91 Å². The molecule has 1 aromatic carbocycles. The minimum Gasteiger partial charge on any atom is -0.492 e. The first-order valence-corrected chi connectivity index (χ1v) is 11.4. The summed E-state index contributed by atoms with van der Waals surface area (Å²) in [6, 6.07) is 11.9. The van der Waals surface area contributed by atoms with Crippen LogP contribution in [0.25, 0.3) is 0 Å². The lowest BCUT2D eigenvalue weighted by Gasteiger charge is -2.41. The molecule has 1 saturated heterocycles. The third-order valence-corrected chi connectivity index (χ3v) is 6.39. The predicted octanol–water partition coefficient (Wildman–Crippen LogP) is 3.77. The monoisotopic (exact) mass is 423 g/mol. The zero-order chi connectivity index (χ0) is 21.5. The van der Waals surface area contributed by atoms with Crippen molar-refractivity contribution in [2.24, 2.45) is 0 Å². The van der Waals surface area contributed by atoms with E-state index in [4.69, 9.17) is 9.47 Å². The summed E-state index contributed by atoms with van der Waals surface area (Å²) in [4.78, 5) is 22.1. The summed E-state index contributed by atoms with van der Waals surface area (Å²) in [6.07, 6.45) is 8.98. The Balaban J connectivity index is 1.53. The number of carbonyl (C=O) groups is 1. The average Bonchev–Trinajstić information content (AvgIpc) is 2.81. The molecule has 0 N–H and O–H groups in total. The van der Waals surface area contributed by atoms with Crippen molar-refractivity contribution >= 4 is 5.91 Å². The topological polar surface area (TPSA) is 54.9 Å². The number of hydrogen-bond donors (Lipinski definition) is 0. The number of nitrogens with zero attached hydrogens (tertiary/aromatic N) is 3. The number of rotatable bonds is 3. The minimum absolute atomic E-state index is 0.0902. The fourth-order valence-corrected chi connectivity index (χ4v) is 4.78. The lowest BCUT2D eigenvalue weighted by atomic mass is 9.93. The van der Waals surface area contributed by atoms with Gasteiger partial charge in [0.05, 0.1) is 12.1 Å². The first-order chi connectivity index (χ1) is 15.2. The zero-order valence-corrected chi connectivity index (χ0v) is 18.4. The largest absolute Gasteiger partial charge is 0.492 e. The van der Waals surface area contributed by atoms with Gasteiger partial charge < -0.3 is 14.4 Å². The molecule has 4 rings (SSSR count). The summed E-state index contributed by atoms with van der Waals surface area (Å²) >= 11 is 0. The Kier molecular flexibility index (Phi) is 7.54. The van der Waals surface area contributed by atoms with E-state index in [2.05, 4.69) is 16.0 Å². The molecule has 0 unspecified atom stereocenters. The van der Waals surface area contributed by atoms with Crippen LogP contribution in [-0.4, -0.2) is 66.2 Å². The standard InChI is InChI=1S/C25H33N3O3/c1-30-24-11-6-14-28-23(24)10-2-3-13-27(19-20-7-5-12-26-18-20)15-16-31-22-9-4-8-21(17-22)25(28)29/h4-5,7-9,12,17-18,23-24H,2-3,6,10-11,13-16,19H2,1H3/t23-,24-/m1/s1. The molecule has 1 amide bonds. The Morgan fingerprint density at radius 3 is 2.87 bits per heavy atom. The Bertz CT molecular complexity index is 845. The summed E-state index contributed by atoms with van der Waals surface area (Å²) in [7, 11) is 1.77. The zero-order valence-electron chi connectivity index (χ0n) is 18.4. The molecule has 0 saturated carbocycles. The van der Waals surface area contributed by atoms with E-state index in [0.717, 1.165) is 64.0 Å². The summed E-state index contributed by atoms with van der Waals surface area (Å²) in [6.45, 7) is 4.09. The number of fused-ring (bicyclic) bond motifs is 3. The Labute approximate surface area is 185 Å². The van der Waals surface area contributed by atoms with Crippen molar-refractivity contribution in [1.82, 2.24) is 14.8 Å². The number of benzene rings is 1. The highest BCUT2D eigenvalue weighted by molar-refractivity contribution is 5.95. The molecule has 0 spiro atoms. The number of ether oxygens (including phenoxy) is 2. The van der Waals surface area contributed by atoms with E-state index in [9.17, 15) is 4.79 Å². The van der Waals surface area contributed by atoms with Crippen LogP contribution in [0.5, 0.6) is 5.75 Å². The molecule has 1 fully saturated rings. The van der Waals surface area contributed by atoms with Gasteiger partial charge in [-0.3, -0.25) is 14.7 Å². The van der Waals surface area contributed by atoms with Gasteiger partial charge in [0.2, 0.25) is 0 Å². The molecule has 2 bridgehead atoms. The molecule has 0 aliphatic carbocycles. The SMILES string of the molecule is CO[C@@H]1CCCN2C(=O)c3cccc(c3)OCCN(Cc3cccnc3)CCCC[C@H]12. The quantitative estimate of drug-likeness (QED) is 0.752. The maximum Gasteiger partial charge on any atom is 0.254 e. The van der Waals surface area contributed by atoms with Crippen LogP contribution in [0.1, 0.15) is 48.0 Å². The van der Waals surface area contributed by atoms with Gasteiger partial charge in [0.15, 0.2) is 0 Å². The van der Waals surface area contributed by atoms with Gasteiger partial charge in [-0.2, -0.15) is 0 Å². The third kappa shape index (κ3) is 5.63. The van der Waals surface area contributed by atoms with Gasteiger partial charge in [-0.1, -0.05) is 18.6 Å². The van der Waals surface area contributed by atoms with Crippen LogP contribution in [0.15, 0.2) is 48.8 Å². The van der Waals surface area contributed by atoms with Gasteiger partial charge in [-0.05, 0) is 62.1 Å². The van der Waals surface area contributed by atoms with Crippen molar-refractivity contribution in [3.63, 3.8) is 0 Å². The number of methoxy groups -OCH3 is 1. The molecule has 6 heteroatoms. The van der Waals surface area contributed by atoms with Crippen LogP contribution in [0.3, 0.4) is 0 Å². The van der Waals surface area contributed by atoms with Gasteiger partial charge in [0.1, 0.15) is 12.4 Å². The lowest BCUT2D eigenvalue weighted by molar-refractivity contribution is -0.0156. The van der Waals surface area contributed by atoms with Gasteiger partial charge in [0, 0.05) is 44.7 Å². The van der Waals surface area contributed by atoms with Crippen LogP contribution >= 0.6 is 0 Å². The van der Waals surface area contributed by atoms with Crippen LogP contribution in [0.4, 0.5) is 0 Å². The Hall–Kier alpha value is -2.44. The molecule has 2 aliphatic rings. The summed E-state index contributed by atoms with van der Waals surface area (Å²) < 4.78 is 11.8. The molecular weight excluding hydrogens is 390 g/mol. The van der Waals surface area contributed by atoms with E-state index in [1.807, 2.05) is 47.6 Å². The summed E-state index contributed by atoms with van der Waals surface area (Å²) in [5.74, 6) is 0.841. The molecule has 1 aromatic heterocycles. The highest BCUT2D eigenvalue weighted by Crippen LogP contribution is 2.27. The maximum atomic E-state index is 13.3. The maximum absolute atomic E-state index is 13.3. The van der Waals surface area contributed by atoms with Crippen LogP contribution in [0, 0.1) is 0 Å². The predicted molar refractivity (Wildman–Crippen MR) is 120 cm³/mol. The first kappa shape index (κ1) is 21.8. The minimum atomic E-state index is 0.0902. The normalized spacial score (nSPS) is 23.5. The molecule has 166 valence electrons. The number of hydrogen-bond acceptors (Lipinski definition) is 5. The number of amides is 1. The van der Waals surface area contributed by atoms with Crippen molar-refractivity contribution in [3.8, 4) is 5.75 Å². The molecule has 6 nitrogen and oxygen atoms in total. The third-order valence-electron chi connectivity index (χ3n) is 6.39. The number of aromatic nitrogens is 1. The van der Waals surface area contributed by atoms with Gasteiger partial charge in [-0.15, -0.1) is 0 Å². The van der Waals surface area contributed by atoms with E-state index in [1.165, 1.54) is 5.56 Å². The van der Waals surface area contributed by atoms with Crippen molar-refractivity contribution in [1.29, 1.82) is 0 Å². The van der Waals surface area contributed by atoms with E-state index < -0.39 is 0 Å². The Morgan fingerprint density at radius 2 is 2.03 bits per heavy atom. The number of pyridine rings is 1. The highest BCUT2D eigenvalue weighted by Gasteiger charge is 2.34. The molecule has 3 heterocycles. The Morgan fingerprint density at radius 1 is 1.10 bits per heavy atom. The molecule has 31 heavy (non-hydrogen) atoms. The van der Waals surface area contributed by atoms with Crippen LogP contribution in [0.2, 0.25) is 0 Å².